The van der Waals surface area contributed by atoms with E-state index in [1.54, 1.807) is 7.11 Å². The Kier molecular flexibility index (Phi) is 4.77. The number of nitrogens with zero attached hydrogens (tertiary/aromatic N) is 1. The van der Waals surface area contributed by atoms with E-state index < -0.39 is 10.0 Å². The number of aromatic nitrogens is 1. The van der Waals surface area contributed by atoms with Crippen LogP contribution in [-0.2, 0) is 16.4 Å². The number of hydrogen-bond acceptors (Lipinski definition) is 5. The lowest BCUT2D eigenvalue weighted by Crippen LogP contribution is -2.26. The number of anilines is 1. The minimum absolute atomic E-state index is 0.112. The smallest absolute Gasteiger partial charge is 0.240 e. The van der Waals surface area contributed by atoms with Gasteiger partial charge in [-0.3, -0.25) is 0 Å². The minimum Gasteiger partial charge on any atom is -0.497 e. The van der Waals surface area contributed by atoms with Crippen LogP contribution >= 0.6 is 0 Å². The van der Waals surface area contributed by atoms with Gasteiger partial charge >= 0.3 is 0 Å². The monoisotopic (exact) mass is 307 g/mol. The van der Waals surface area contributed by atoms with Gasteiger partial charge in [0.15, 0.2) is 0 Å². The topological polar surface area (TPSA) is 94.3 Å². The van der Waals surface area contributed by atoms with E-state index in [4.69, 9.17) is 10.5 Å². The average Bonchev–Trinajstić information content (AvgIpc) is 2.47. The number of hydrogen-bond donors (Lipinski definition) is 2. The first-order chi connectivity index (χ1) is 10.0. The zero-order chi connectivity index (χ0) is 15.3. The third-order valence-electron chi connectivity index (χ3n) is 2.90. The summed E-state index contributed by atoms with van der Waals surface area (Å²) in [6.07, 6.45) is 1.93. The van der Waals surface area contributed by atoms with Crippen molar-refractivity contribution in [2.45, 2.75) is 11.3 Å². The first kappa shape index (κ1) is 15.3. The van der Waals surface area contributed by atoms with Crippen LogP contribution in [0.4, 0.5) is 5.82 Å². The predicted molar refractivity (Wildman–Crippen MR) is 80.5 cm³/mol. The van der Waals surface area contributed by atoms with E-state index in [0.29, 0.717) is 6.42 Å². The van der Waals surface area contributed by atoms with Crippen molar-refractivity contribution in [1.29, 1.82) is 0 Å². The summed E-state index contributed by atoms with van der Waals surface area (Å²) < 4.78 is 31.8. The van der Waals surface area contributed by atoms with Gasteiger partial charge in [0.05, 0.1) is 12.0 Å². The lowest BCUT2D eigenvalue weighted by atomic mass is 10.1. The summed E-state index contributed by atoms with van der Waals surface area (Å²) in [6, 6.07) is 10.2. The molecule has 0 aliphatic carbocycles. The van der Waals surface area contributed by atoms with Gasteiger partial charge in [-0.05, 0) is 30.2 Å². The molecule has 0 saturated heterocycles. The quantitative estimate of drug-likeness (QED) is 0.836. The van der Waals surface area contributed by atoms with Crippen LogP contribution in [0.3, 0.4) is 0 Å². The Balaban J connectivity index is 1.99. The number of benzene rings is 1. The zero-order valence-corrected chi connectivity index (χ0v) is 12.4. The Morgan fingerprint density at radius 2 is 2.10 bits per heavy atom. The molecule has 21 heavy (non-hydrogen) atoms. The molecule has 0 spiro atoms. The second kappa shape index (κ2) is 6.55. The van der Waals surface area contributed by atoms with E-state index in [9.17, 15) is 8.42 Å². The fourth-order valence-electron chi connectivity index (χ4n) is 1.84. The highest BCUT2D eigenvalue weighted by Crippen LogP contribution is 2.13. The molecule has 112 valence electrons. The summed E-state index contributed by atoms with van der Waals surface area (Å²) in [5.74, 6) is 0.919. The Labute approximate surface area is 124 Å². The van der Waals surface area contributed by atoms with Crippen molar-refractivity contribution in [3.05, 3.63) is 48.2 Å². The number of nitrogens with one attached hydrogen (secondary N) is 1. The molecule has 2 aromatic rings. The molecule has 0 bridgehead atoms. The van der Waals surface area contributed by atoms with Crippen LogP contribution in [-0.4, -0.2) is 27.1 Å². The van der Waals surface area contributed by atoms with E-state index in [1.165, 1.54) is 18.3 Å². The van der Waals surface area contributed by atoms with Crippen molar-refractivity contribution in [2.24, 2.45) is 0 Å². The number of nitrogen functional groups attached to an aromatic ring is 1. The van der Waals surface area contributed by atoms with Crippen molar-refractivity contribution in [2.75, 3.05) is 19.4 Å². The summed E-state index contributed by atoms with van der Waals surface area (Å²) in [5.41, 5.74) is 6.48. The first-order valence-electron chi connectivity index (χ1n) is 6.35. The van der Waals surface area contributed by atoms with Gasteiger partial charge in [-0.25, -0.2) is 18.1 Å². The first-order valence-corrected chi connectivity index (χ1v) is 7.84. The summed E-state index contributed by atoms with van der Waals surface area (Å²) >= 11 is 0. The number of pyridine rings is 1. The number of methoxy groups -OCH3 is 1. The second-order valence-electron chi connectivity index (χ2n) is 4.42. The molecule has 1 heterocycles. The molecule has 0 aliphatic heterocycles. The summed E-state index contributed by atoms with van der Waals surface area (Å²) in [7, 11) is -1.98. The van der Waals surface area contributed by atoms with Crippen molar-refractivity contribution in [3.63, 3.8) is 0 Å². The lowest BCUT2D eigenvalue weighted by Gasteiger charge is -2.08. The third kappa shape index (κ3) is 4.17. The van der Waals surface area contributed by atoms with Gasteiger partial charge < -0.3 is 10.5 Å². The number of sulfonamides is 1. The normalized spacial score (nSPS) is 11.3. The molecule has 6 nitrogen and oxygen atoms in total. The van der Waals surface area contributed by atoms with E-state index in [0.717, 1.165) is 11.3 Å². The molecule has 1 aromatic heterocycles. The Bertz CT molecular complexity index is 717. The van der Waals surface area contributed by atoms with Gasteiger partial charge in [0.2, 0.25) is 10.0 Å². The van der Waals surface area contributed by atoms with Crippen LogP contribution in [0.5, 0.6) is 5.75 Å². The highest BCUT2D eigenvalue weighted by Gasteiger charge is 2.13. The molecule has 7 heteroatoms. The van der Waals surface area contributed by atoms with Crippen LogP contribution in [0.15, 0.2) is 47.5 Å². The largest absolute Gasteiger partial charge is 0.497 e. The SMILES string of the molecule is COc1cccc(CCNS(=O)(=O)c2ccnc(N)c2)c1. The van der Waals surface area contributed by atoms with Gasteiger partial charge in [-0.2, -0.15) is 0 Å². The zero-order valence-electron chi connectivity index (χ0n) is 11.6. The Morgan fingerprint density at radius 1 is 1.29 bits per heavy atom. The fourth-order valence-corrected chi connectivity index (χ4v) is 2.89. The highest BCUT2D eigenvalue weighted by atomic mass is 32.2. The molecular weight excluding hydrogens is 290 g/mol. The molecule has 0 amide bonds. The Hall–Kier alpha value is -2.12. The van der Waals surface area contributed by atoms with Crippen LogP contribution < -0.4 is 15.2 Å². The summed E-state index contributed by atoms with van der Waals surface area (Å²) in [6.45, 7) is 0.289. The maximum Gasteiger partial charge on any atom is 0.240 e. The highest BCUT2D eigenvalue weighted by molar-refractivity contribution is 7.89. The van der Waals surface area contributed by atoms with Crippen molar-refractivity contribution >= 4 is 15.8 Å². The molecule has 3 N–H and O–H groups in total. The molecule has 0 atom stereocenters. The molecule has 0 saturated carbocycles. The fraction of sp³-hybridized carbons (Fsp3) is 0.214. The molecule has 0 aliphatic rings. The Morgan fingerprint density at radius 3 is 2.81 bits per heavy atom. The number of nitrogens with two attached hydrogens (primary N) is 1. The van der Waals surface area contributed by atoms with Crippen LogP contribution in [0.25, 0.3) is 0 Å². The molecule has 2 rings (SSSR count). The van der Waals surface area contributed by atoms with Crippen LogP contribution in [0.1, 0.15) is 5.56 Å². The lowest BCUT2D eigenvalue weighted by molar-refractivity contribution is 0.414. The van der Waals surface area contributed by atoms with Gasteiger partial charge in [-0.1, -0.05) is 12.1 Å². The van der Waals surface area contributed by atoms with E-state index in [-0.39, 0.29) is 17.3 Å². The second-order valence-corrected chi connectivity index (χ2v) is 6.18. The molecule has 1 aromatic carbocycles. The van der Waals surface area contributed by atoms with E-state index in [1.807, 2.05) is 24.3 Å². The van der Waals surface area contributed by atoms with E-state index >= 15 is 0 Å². The van der Waals surface area contributed by atoms with Gasteiger partial charge in [0.1, 0.15) is 11.6 Å². The van der Waals surface area contributed by atoms with Crippen molar-refractivity contribution < 1.29 is 13.2 Å². The summed E-state index contributed by atoms with van der Waals surface area (Å²) in [5, 5.41) is 0. The van der Waals surface area contributed by atoms with Crippen molar-refractivity contribution in [1.82, 2.24) is 9.71 Å². The third-order valence-corrected chi connectivity index (χ3v) is 4.36. The standard InChI is InChI=1S/C14H17N3O3S/c1-20-12-4-2-3-11(9-12)5-8-17-21(18,19)13-6-7-16-14(15)10-13/h2-4,6-7,9-10,17H,5,8H2,1H3,(H2,15,16). The van der Waals surface area contributed by atoms with E-state index in [2.05, 4.69) is 9.71 Å². The van der Waals surface area contributed by atoms with Gasteiger partial charge in [0.25, 0.3) is 0 Å². The van der Waals surface area contributed by atoms with Crippen LogP contribution in [0, 0.1) is 0 Å². The molecule has 0 unspecified atom stereocenters. The number of rotatable bonds is 6. The molecule has 0 fully saturated rings. The molecular formula is C14H17N3O3S. The average molecular weight is 307 g/mol. The predicted octanol–water partition coefficient (Wildman–Crippen LogP) is 1.19. The van der Waals surface area contributed by atoms with Crippen LogP contribution in [0.2, 0.25) is 0 Å². The maximum atomic E-state index is 12.1. The van der Waals surface area contributed by atoms with Gasteiger partial charge in [0, 0.05) is 18.8 Å². The maximum absolute atomic E-state index is 12.1. The van der Waals surface area contributed by atoms with Crippen molar-refractivity contribution in [3.8, 4) is 5.75 Å². The summed E-state index contributed by atoms with van der Waals surface area (Å²) in [4.78, 5) is 3.88. The molecule has 0 radical (unpaired) electrons. The number of ether oxygens (including phenoxy) is 1. The minimum atomic E-state index is -3.57. The van der Waals surface area contributed by atoms with Gasteiger partial charge in [-0.15, -0.1) is 0 Å².